The predicted octanol–water partition coefficient (Wildman–Crippen LogP) is 5.23. The van der Waals surface area contributed by atoms with Crippen LogP contribution in [0, 0.1) is 13.8 Å². The van der Waals surface area contributed by atoms with E-state index in [4.69, 9.17) is 4.74 Å². The van der Waals surface area contributed by atoms with Crippen molar-refractivity contribution in [3.63, 3.8) is 0 Å². The summed E-state index contributed by atoms with van der Waals surface area (Å²) in [6.45, 7) is 9.25. The van der Waals surface area contributed by atoms with E-state index in [2.05, 4.69) is 5.32 Å². The fraction of sp³-hybridized carbons (Fsp3) is 0.375. The van der Waals surface area contributed by atoms with Crippen molar-refractivity contribution in [2.24, 2.45) is 0 Å². The van der Waals surface area contributed by atoms with Gasteiger partial charge in [0.25, 0.3) is 10.0 Å². The maximum atomic E-state index is 14.1. The van der Waals surface area contributed by atoms with Crippen LogP contribution in [0.4, 0.5) is 5.69 Å². The summed E-state index contributed by atoms with van der Waals surface area (Å²) in [5, 5.41) is 2.99. The molecule has 2 atom stereocenters. The second-order valence-corrected chi connectivity index (χ2v) is 12.1. The first-order valence-corrected chi connectivity index (χ1v) is 15.3. The van der Waals surface area contributed by atoms with Crippen LogP contribution >= 0.6 is 0 Å². The Balaban J connectivity index is 2.06. The molecule has 0 bridgehead atoms. The number of benzene rings is 3. The zero-order valence-corrected chi connectivity index (χ0v) is 25.6. The number of hydrogen-bond acceptors (Lipinski definition) is 5. The summed E-state index contributed by atoms with van der Waals surface area (Å²) in [4.78, 5) is 29.1. The van der Waals surface area contributed by atoms with Gasteiger partial charge in [0, 0.05) is 12.6 Å². The molecular formula is C32H41N3O5S. The van der Waals surface area contributed by atoms with Crippen molar-refractivity contribution in [1.82, 2.24) is 10.2 Å². The van der Waals surface area contributed by atoms with E-state index in [-0.39, 0.29) is 23.4 Å². The minimum Gasteiger partial charge on any atom is -0.497 e. The number of nitrogens with one attached hydrogen (secondary N) is 1. The number of carbonyl (C=O) groups is 2. The highest BCUT2D eigenvalue weighted by atomic mass is 32.2. The molecule has 0 unspecified atom stereocenters. The molecule has 0 aromatic heterocycles. The second-order valence-electron chi connectivity index (χ2n) is 10.3. The maximum Gasteiger partial charge on any atom is 0.264 e. The minimum atomic E-state index is -4.13. The molecule has 9 heteroatoms. The monoisotopic (exact) mass is 579 g/mol. The van der Waals surface area contributed by atoms with Gasteiger partial charge in [-0.05, 0) is 75.6 Å². The van der Waals surface area contributed by atoms with E-state index in [0.717, 1.165) is 27.4 Å². The molecule has 220 valence electrons. The van der Waals surface area contributed by atoms with Crippen LogP contribution in [0.1, 0.15) is 50.3 Å². The van der Waals surface area contributed by atoms with Crippen molar-refractivity contribution < 1.29 is 22.7 Å². The van der Waals surface area contributed by atoms with Gasteiger partial charge in [0.1, 0.15) is 18.3 Å². The van der Waals surface area contributed by atoms with Gasteiger partial charge in [-0.2, -0.15) is 0 Å². The third-order valence-electron chi connectivity index (χ3n) is 7.07. The number of rotatable bonds is 13. The number of ether oxygens (including phenoxy) is 1. The van der Waals surface area contributed by atoms with Crippen molar-refractivity contribution in [1.29, 1.82) is 0 Å². The van der Waals surface area contributed by atoms with Crippen LogP contribution in [0.15, 0.2) is 77.7 Å². The van der Waals surface area contributed by atoms with E-state index in [1.807, 2.05) is 58.9 Å². The molecule has 0 fully saturated rings. The van der Waals surface area contributed by atoms with Crippen molar-refractivity contribution in [2.75, 3.05) is 18.0 Å². The van der Waals surface area contributed by atoms with Gasteiger partial charge in [-0.3, -0.25) is 13.9 Å². The molecule has 3 aromatic carbocycles. The highest BCUT2D eigenvalue weighted by Crippen LogP contribution is 2.27. The largest absolute Gasteiger partial charge is 0.497 e. The highest BCUT2D eigenvalue weighted by molar-refractivity contribution is 7.92. The highest BCUT2D eigenvalue weighted by Gasteiger charge is 2.34. The normalized spacial score (nSPS) is 12.7. The summed E-state index contributed by atoms with van der Waals surface area (Å²) >= 11 is 0. The topological polar surface area (TPSA) is 96.0 Å². The predicted molar refractivity (Wildman–Crippen MR) is 162 cm³/mol. The number of aryl methyl sites for hydroxylation is 2. The van der Waals surface area contributed by atoms with Gasteiger partial charge in [0.05, 0.1) is 17.7 Å². The maximum absolute atomic E-state index is 14.1. The van der Waals surface area contributed by atoms with Crippen LogP contribution in [0.2, 0.25) is 0 Å². The summed E-state index contributed by atoms with van der Waals surface area (Å²) in [6, 6.07) is 19.9. The first-order chi connectivity index (χ1) is 19.5. The van der Waals surface area contributed by atoms with Crippen molar-refractivity contribution in [2.45, 2.75) is 71.0 Å². The lowest BCUT2D eigenvalue weighted by molar-refractivity contribution is -0.140. The lowest BCUT2D eigenvalue weighted by atomic mass is 10.1. The van der Waals surface area contributed by atoms with Crippen molar-refractivity contribution in [3.8, 4) is 5.75 Å². The molecule has 3 aromatic rings. The molecule has 0 saturated carbocycles. The molecule has 0 radical (unpaired) electrons. The van der Waals surface area contributed by atoms with E-state index in [1.165, 1.54) is 24.1 Å². The van der Waals surface area contributed by atoms with Gasteiger partial charge < -0.3 is 15.0 Å². The van der Waals surface area contributed by atoms with E-state index in [1.54, 1.807) is 36.4 Å². The van der Waals surface area contributed by atoms with E-state index in [0.29, 0.717) is 17.9 Å². The lowest BCUT2D eigenvalue weighted by Crippen LogP contribution is -2.53. The fourth-order valence-corrected chi connectivity index (χ4v) is 5.90. The third-order valence-corrected chi connectivity index (χ3v) is 8.86. The van der Waals surface area contributed by atoms with Gasteiger partial charge in [-0.25, -0.2) is 8.42 Å². The molecule has 1 N–H and O–H groups in total. The molecule has 0 aliphatic heterocycles. The molecule has 0 aliphatic carbocycles. The van der Waals surface area contributed by atoms with Gasteiger partial charge in [0.15, 0.2) is 0 Å². The third kappa shape index (κ3) is 8.10. The quantitative estimate of drug-likeness (QED) is 0.299. The smallest absolute Gasteiger partial charge is 0.264 e. The Morgan fingerprint density at radius 2 is 1.56 bits per heavy atom. The average molecular weight is 580 g/mol. The molecule has 2 amide bonds. The van der Waals surface area contributed by atoms with Gasteiger partial charge in [-0.15, -0.1) is 0 Å². The van der Waals surface area contributed by atoms with E-state index in [9.17, 15) is 18.0 Å². The Morgan fingerprint density at radius 1 is 0.902 bits per heavy atom. The van der Waals surface area contributed by atoms with Crippen LogP contribution in [0.3, 0.4) is 0 Å². The number of hydrogen-bond donors (Lipinski definition) is 1. The summed E-state index contributed by atoms with van der Waals surface area (Å²) in [7, 11) is -2.60. The Labute approximate surface area is 244 Å². The zero-order chi connectivity index (χ0) is 30.2. The molecule has 0 spiro atoms. The Hall–Kier alpha value is -3.85. The van der Waals surface area contributed by atoms with Crippen LogP contribution in [0.25, 0.3) is 0 Å². The minimum absolute atomic E-state index is 0.0646. The summed E-state index contributed by atoms with van der Waals surface area (Å²) < 4.78 is 34.3. The van der Waals surface area contributed by atoms with E-state index >= 15 is 0 Å². The average Bonchev–Trinajstić information content (AvgIpc) is 2.95. The number of nitrogens with zero attached hydrogens (tertiary/aromatic N) is 2. The number of methoxy groups -OCH3 is 1. The molecule has 0 saturated heterocycles. The first kappa shape index (κ1) is 31.7. The first-order valence-electron chi connectivity index (χ1n) is 13.9. The standard InChI is InChI=1S/C32H41N3O5S/c1-7-25(5)33-32(37)30(8-2)34(21-26-11-9-10-24(4)20-26)31(36)22-35(27-14-16-28(40-6)17-15-27)41(38,39)29-18-12-23(3)13-19-29/h9-20,25,30H,7-8,21-22H2,1-6H3,(H,33,37)/t25-,30-/m1/s1. The number of sulfonamides is 1. The number of carbonyl (C=O) groups excluding carboxylic acids is 2. The molecule has 0 aliphatic rings. The Morgan fingerprint density at radius 3 is 2.12 bits per heavy atom. The molecule has 0 heterocycles. The van der Waals surface area contributed by atoms with Crippen molar-refractivity contribution in [3.05, 3.63) is 89.5 Å². The summed E-state index contributed by atoms with van der Waals surface area (Å²) in [5.74, 6) is -0.189. The van der Waals surface area contributed by atoms with Crippen LogP contribution < -0.4 is 14.4 Å². The number of amides is 2. The SMILES string of the molecule is CC[C@@H](C)NC(=O)[C@@H](CC)N(Cc1cccc(C)c1)C(=O)CN(c1ccc(OC)cc1)S(=O)(=O)c1ccc(C)cc1. The molecule has 8 nitrogen and oxygen atoms in total. The van der Waals surface area contributed by atoms with Crippen LogP contribution in [0.5, 0.6) is 5.75 Å². The van der Waals surface area contributed by atoms with Crippen LogP contribution in [-0.2, 0) is 26.2 Å². The second kappa shape index (κ2) is 14.2. The lowest BCUT2D eigenvalue weighted by Gasteiger charge is -2.33. The van der Waals surface area contributed by atoms with Gasteiger partial charge >= 0.3 is 0 Å². The van der Waals surface area contributed by atoms with Gasteiger partial charge in [-0.1, -0.05) is 61.4 Å². The van der Waals surface area contributed by atoms with Gasteiger partial charge in [0.2, 0.25) is 11.8 Å². The fourth-order valence-electron chi connectivity index (χ4n) is 4.48. The van der Waals surface area contributed by atoms with Crippen molar-refractivity contribution >= 4 is 27.5 Å². The molecule has 3 rings (SSSR count). The Kier molecular flexibility index (Phi) is 10.9. The summed E-state index contributed by atoms with van der Waals surface area (Å²) in [5.41, 5.74) is 3.10. The summed E-state index contributed by atoms with van der Waals surface area (Å²) in [6.07, 6.45) is 1.11. The zero-order valence-electron chi connectivity index (χ0n) is 24.8. The molecular weight excluding hydrogens is 538 g/mol. The Bertz CT molecular complexity index is 1420. The molecule has 41 heavy (non-hydrogen) atoms. The van der Waals surface area contributed by atoms with E-state index < -0.39 is 28.5 Å². The van der Waals surface area contributed by atoms with Crippen LogP contribution in [-0.4, -0.2) is 50.9 Å². The number of anilines is 1.